The van der Waals surface area contributed by atoms with Gasteiger partial charge in [0.15, 0.2) is 5.11 Å². The molecule has 27 heavy (non-hydrogen) atoms. The third-order valence-corrected chi connectivity index (χ3v) is 6.82. The van der Waals surface area contributed by atoms with Crippen molar-refractivity contribution in [2.24, 2.45) is 23.2 Å². The topological polar surface area (TPSA) is 41.1 Å². The number of amides is 1. The predicted octanol–water partition coefficient (Wildman–Crippen LogP) is 5.39. The molecule has 0 aliphatic heterocycles. The Morgan fingerprint density at radius 3 is 2.19 bits per heavy atom. The van der Waals surface area contributed by atoms with Crippen LogP contribution < -0.4 is 10.6 Å². The SMILES string of the molecule is O=C(NC(=S)Nc1cc(C(F)(F)F)ccc1Cl)C12CC3CC(CC(C3)C1)C2. The second-order valence-electron chi connectivity index (χ2n) is 8.30. The van der Waals surface area contributed by atoms with E-state index in [0.717, 1.165) is 37.5 Å². The number of hydrogen-bond acceptors (Lipinski definition) is 2. The van der Waals surface area contributed by atoms with E-state index in [9.17, 15) is 18.0 Å². The zero-order chi connectivity index (χ0) is 19.4. The molecule has 2 N–H and O–H groups in total. The van der Waals surface area contributed by atoms with Crippen molar-refractivity contribution in [3.05, 3.63) is 28.8 Å². The number of hydrogen-bond donors (Lipinski definition) is 2. The maximum absolute atomic E-state index is 13.0. The molecular weight excluding hydrogens is 397 g/mol. The fourth-order valence-corrected chi connectivity index (χ4v) is 5.94. The summed E-state index contributed by atoms with van der Waals surface area (Å²) in [5.74, 6) is 1.73. The van der Waals surface area contributed by atoms with Gasteiger partial charge in [-0.15, -0.1) is 0 Å². The molecule has 4 aliphatic carbocycles. The minimum atomic E-state index is -4.48. The van der Waals surface area contributed by atoms with Gasteiger partial charge in [0.25, 0.3) is 0 Å². The molecule has 4 saturated carbocycles. The van der Waals surface area contributed by atoms with Crippen molar-refractivity contribution in [1.82, 2.24) is 5.32 Å². The van der Waals surface area contributed by atoms with Gasteiger partial charge in [-0.05, 0) is 86.7 Å². The van der Waals surface area contributed by atoms with E-state index in [1.54, 1.807) is 0 Å². The largest absolute Gasteiger partial charge is 0.416 e. The van der Waals surface area contributed by atoms with Crippen LogP contribution in [0.1, 0.15) is 44.1 Å². The van der Waals surface area contributed by atoms with Gasteiger partial charge >= 0.3 is 6.18 Å². The number of halogens is 4. The number of carbonyl (C=O) groups excluding carboxylic acids is 1. The summed E-state index contributed by atoms with van der Waals surface area (Å²) in [5, 5.41) is 5.45. The highest BCUT2D eigenvalue weighted by atomic mass is 35.5. The first-order valence-corrected chi connectivity index (χ1v) is 9.92. The van der Waals surface area contributed by atoms with Gasteiger partial charge in [-0.3, -0.25) is 4.79 Å². The lowest BCUT2D eigenvalue weighted by molar-refractivity contribution is -0.144. The lowest BCUT2D eigenvalue weighted by Gasteiger charge is -2.55. The highest BCUT2D eigenvalue weighted by molar-refractivity contribution is 7.80. The van der Waals surface area contributed by atoms with E-state index in [1.807, 2.05) is 0 Å². The Hall–Kier alpha value is -1.34. The number of anilines is 1. The molecule has 8 heteroatoms. The molecular formula is C19H20ClF3N2OS. The summed E-state index contributed by atoms with van der Waals surface area (Å²) < 4.78 is 38.7. The van der Waals surface area contributed by atoms with Gasteiger partial charge in [-0.25, -0.2) is 0 Å². The van der Waals surface area contributed by atoms with E-state index >= 15 is 0 Å². The number of carbonyl (C=O) groups is 1. The highest BCUT2D eigenvalue weighted by Gasteiger charge is 2.54. The van der Waals surface area contributed by atoms with Crippen LogP contribution >= 0.6 is 23.8 Å². The summed E-state index contributed by atoms with van der Waals surface area (Å²) in [7, 11) is 0. The molecule has 4 aliphatic rings. The molecule has 0 unspecified atom stereocenters. The molecule has 0 spiro atoms. The molecule has 3 nitrogen and oxygen atoms in total. The fraction of sp³-hybridized carbons (Fsp3) is 0.579. The van der Waals surface area contributed by atoms with Crippen LogP contribution in [0.3, 0.4) is 0 Å². The molecule has 146 valence electrons. The fourth-order valence-electron chi connectivity index (χ4n) is 5.58. The van der Waals surface area contributed by atoms with E-state index < -0.39 is 11.7 Å². The molecule has 0 atom stereocenters. The third-order valence-electron chi connectivity index (χ3n) is 6.29. The monoisotopic (exact) mass is 416 g/mol. The Morgan fingerprint density at radius 2 is 1.67 bits per heavy atom. The maximum atomic E-state index is 13.0. The van der Waals surface area contributed by atoms with Crippen molar-refractivity contribution in [3.63, 3.8) is 0 Å². The molecule has 5 rings (SSSR count). The highest BCUT2D eigenvalue weighted by Crippen LogP contribution is 2.60. The van der Waals surface area contributed by atoms with Crippen LogP contribution in [-0.4, -0.2) is 11.0 Å². The number of thiocarbonyl (C=S) groups is 1. The molecule has 0 saturated heterocycles. The number of rotatable bonds is 2. The average molecular weight is 417 g/mol. The van der Waals surface area contributed by atoms with Crippen LogP contribution in [0.2, 0.25) is 5.02 Å². The maximum Gasteiger partial charge on any atom is 0.416 e. The number of alkyl halides is 3. The molecule has 0 radical (unpaired) electrons. The van der Waals surface area contributed by atoms with Crippen molar-refractivity contribution in [3.8, 4) is 0 Å². The van der Waals surface area contributed by atoms with Gasteiger partial charge in [-0.1, -0.05) is 11.6 Å². The Kier molecular flexibility index (Phi) is 4.66. The molecule has 0 heterocycles. The van der Waals surface area contributed by atoms with Crippen molar-refractivity contribution < 1.29 is 18.0 Å². The summed E-state index contributed by atoms with van der Waals surface area (Å²) in [6.07, 6.45) is 1.83. The minimum Gasteiger partial charge on any atom is -0.331 e. The number of benzene rings is 1. The van der Waals surface area contributed by atoms with Crippen LogP contribution in [0.4, 0.5) is 18.9 Å². The second-order valence-corrected chi connectivity index (χ2v) is 9.11. The van der Waals surface area contributed by atoms with E-state index in [0.29, 0.717) is 17.8 Å². The van der Waals surface area contributed by atoms with Gasteiger partial charge in [0.1, 0.15) is 0 Å². The predicted molar refractivity (Wildman–Crippen MR) is 101 cm³/mol. The second kappa shape index (κ2) is 6.62. The number of nitrogens with one attached hydrogen (secondary N) is 2. The van der Waals surface area contributed by atoms with E-state index in [4.69, 9.17) is 23.8 Å². The van der Waals surface area contributed by atoms with Crippen LogP contribution in [0.15, 0.2) is 18.2 Å². The molecule has 4 fully saturated rings. The summed E-state index contributed by atoms with van der Waals surface area (Å²) in [5.41, 5.74) is -1.18. The summed E-state index contributed by atoms with van der Waals surface area (Å²) >= 11 is 11.2. The molecule has 1 amide bonds. The third kappa shape index (κ3) is 3.68. The minimum absolute atomic E-state index is 0.0167. The normalized spacial score (nSPS) is 31.6. The van der Waals surface area contributed by atoms with Crippen molar-refractivity contribution in [1.29, 1.82) is 0 Å². The lowest BCUT2D eigenvalue weighted by Crippen LogP contribution is -2.55. The Balaban J connectivity index is 1.45. The lowest BCUT2D eigenvalue weighted by atomic mass is 9.49. The van der Waals surface area contributed by atoms with Crippen LogP contribution in [0, 0.1) is 23.2 Å². The van der Waals surface area contributed by atoms with Crippen molar-refractivity contribution >= 4 is 40.5 Å². The smallest absolute Gasteiger partial charge is 0.331 e. The van der Waals surface area contributed by atoms with Gasteiger partial charge in [-0.2, -0.15) is 13.2 Å². The standard InChI is InChI=1S/C19H20ClF3N2OS/c20-14-2-1-13(19(21,22)23)6-15(14)24-17(27)25-16(26)18-7-10-3-11(8-18)5-12(4-10)9-18/h1-2,6,10-12H,3-5,7-9H2,(H2,24,25,26,27). The Labute approximate surface area is 166 Å². The molecule has 1 aromatic carbocycles. The Bertz CT molecular complexity index is 760. The van der Waals surface area contributed by atoms with Gasteiger partial charge in [0.2, 0.25) is 5.91 Å². The van der Waals surface area contributed by atoms with E-state index in [2.05, 4.69) is 10.6 Å². The first-order valence-electron chi connectivity index (χ1n) is 9.14. The average Bonchev–Trinajstić information content (AvgIpc) is 2.54. The van der Waals surface area contributed by atoms with Crippen LogP contribution in [-0.2, 0) is 11.0 Å². The van der Waals surface area contributed by atoms with Crippen molar-refractivity contribution in [2.75, 3.05) is 5.32 Å². The first kappa shape index (κ1) is 19.0. The van der Waals surface area contributed by atoms with Gasteiger partial charge in [0.05, 0.1) is 21.7 Å². The van der Waals surface area contributed by atoms with Crippen LogP contribution in [0.5, 0.6) is 0 Å². The van der Waals surface area contributed by atoms with E-state index in [1.165, 1.54) is 19.3 Å². The molecule has 4 bridgehead atoms. The molecule has 1 aromatic rings. The summed E-state index contributed by atoms with van der Waals surface area (Å²) in [6.45, 7) is 0. The summed E-state index contributed by atoms with van der Waals surface area (Å²) in [6, 6.07) is 2.96. The van der Waals surface area contributed by atoms with Gasteiger partial charge in [0, 0.05) is 0 Å². The van der Waals surface area contributed by atoms with Crippen molar-refractivity contribution in [2.45, 2.75) is 44.7 Å². The zero-order valence-corrected chi connectivity index (χ0v) is 16.1. The summed E-state index contributed by atoms with van der Waals surface area (Å²) in [4.78, 5) is 13.0. The van der Waals surface area contributed by atoms with E-state index in [-0.39, 0.29) is 27.1 Å². The first-order chi connectivity index (χ1) is 12.6. The van der Waals surface area contributed by atoms with Gasteiger partial charge < -0.3 is 10.6 Å². The van der Waals surface area contributed by atoms with Crippen LogP contribution in [0.25, 0.3) is 0 Å². The Morgan fingerprint density at radius 1 is 1.11 bits per heavy atom. The molecule has 0 aromatic heterocycles. The quantitative estimate of drug-likeness (QED) is 0.635. The zero-order valence-electron chi connectivity index (χ0n) is 14.5.